The molecule has 0 spiro atoms. The Kier molecular flexibility index (Phi) is 3.75. The monoisotopic (exact) mass is 342 g/mol. The maximum Gasteiger partial charge on any atom is 0.245 e. The van der Waals surface area contributed by atoms with E-state index in [1.54, 1.807) is 4.68 Å². The Morgan fingerprint density at radius 3 is 2.84 bits per heavy atom. The number of aromatic nitrogens is 5. The van der Waals surface area contributed by atoms with E-state index in [0.717, 1.165) is 34.1 Å². The zero-order valence-electron chi connectivity index (χ0n) is 14.3. The van der Waals surface area contributed by atoms with Gasteiger partial charge in [-0.05, 0) is 42.0 Å². The van der Waals surface area contributed by atoms with Crippen molar-refractivity contribution in [3.05, 3.63) is 40.8 Å². The lowest BCUT2D eigenvalue weighted by Crippen LogP contribution is -2.22. The van der Waals surface area contributed by atoms with Crippen LogP contribution in [0, 0.1) is 13.8 Å². The van der Waals surface area contributed by atoms with E-state index in [4.69, 9.17) is 14.0 Å². The molecule has 0 amide bonds. The van der Waals surface area contributed by atoms with Crippen LogP contribution in [0.2, 0.25) is 0 Å². The van der Waals surface area contributed by atoms with Gasteiger partial charge < -0.3 is 18.9 Å². The van der Waals surface area contributed by atoms with Gasteiger partial charge in [-0.2, -0.15) is 0 Å². The minimum absolute atomic E-state index is 0.268. The van der Waals surface area contributed by atoms with Crippen LogP contribution < -0.4 is 14.4 Å². The molecule has 9 heteroatoms. The molecule has 9 nitrogen and oxygen atoms in total. The fourth-order valence-electron chi connectivity index (χ4n) is 2.84. The van der Waals surface area contributed by atoms with Gasteiger partial charge in [0.05, 0.1) is 12.2 Å². The van der Waals surface area contributed by atoms with E-state index < -0.39 is 0 Å². The van der Waals surface area contributed by atoms with Gasteiger partial charge in [-0.1, -0.05) is 16.3 Å². The second kappa shape index (κ2) is 6.08. The Labute approximate surface area is 144 Å². The van der Waals surface area contributed by atoms with Crippen molar-refractivity contribution >= 4 is 5.95 Å². The quantitative estimate of drug-likeness (QED) is 0.692. The summed E-state index contributed by atoms with van der Waals surface area (Å²) in [6, 6.07) is 5.89. The molecule has 0 saturated heterocycles. The van der Waals surface area contributed by atoms with E-state index in [2.05, 4.69) is 20.7 Å². The second-order valence-electron chi connectivity index (χ2n) is 5.98. The van der Waals surface area contributed by atoms with Crippen molar-refractivity contribution in [2.75, 3.05) is 18.7 Å². The molecule has 4 rings (SSSR count). The number of rotatable bonds is 5. The first-order valence-corrected chi connectivity index (χ1v) is 7.89. The first-order chi connectivity index (χ1) is 12.1. The molecule has 3 aromatic rings. The highest BCUT2D eigenvalue weighted by Gasteiger charge is 2.18. The van der Waals surface area contributed by atoms with Crippen LogP contribution in [0.5, 0.6) is 11.5 Å². The number of aryl methyl sites for hydroxylation is 2. The highest BCUT2D eigenvalue weighted by Crippen LogP contribution is 2.33. The van der Waals surface area contributed by atoms with Crippen molar-refractivity contribution in [2.45, 2.75) is 26.9 Å². The minimum Gasteiger partial charge on any atom is -0.454 e. The molecule has 0 N–H and O–H groups in total. The first kappa shape index (κ1) is 15.4. The van der Waals surface area contributed by atoms with E-state index in [0.29, 0.717) is 19.0 Å². The number of hydrogen-bond donors (Lipinski definition) is 0. The largest absolute Gasteiger partial charge is 0.454 e. The topological polar surface area (TPSA) is 91.3 Å². The van der Waals surface area contributed by atoms with E-state index >= 15 is 0 Å². The lowest BCUT2D eigenvalue weighted by molar-refractivity contribution is 0.174. The van der Waals surface area contributed by atoms with Crippen molar-refractivity contribution < 1.29 is 14.0 Å². The van der Waals surface area contributed by atoms with Crippen LogP contribution in [0.4, 0.5) is 5.95 Å². The van der Waals surface area contributed by atoms with Crippen LogP contribution in [0.1, 0.15) is 22.6 Å². The standard InChI is InChI=1S/C16H18N6O3/c1-10-13(11(2)25-18-10)8-22-16(17-19-20-22)21(3)7-12-4-5-14-15(6-12)24-9-23-14/h4-6H,7-9H2,1-3H3. The van der Waals surface area contributed by atoms with Crippen LogP contribution in [0.3, 0.4) is 0 Å². The molecule has 1 aromatic carbocycles. The molecule has 1 aliphatic heterocycles. The molecule has 0 aliphatic carbocycles. The fourth-order valence-corrected chi connectivity index (χ4v) is 2.84. The summed E-state index contributed by atoms with van der Waals surface area (Å²) in [4.78, 5) is 1.98. The third kappa shape index (κ3) is 2.88. The summed E-state index contributed by atoms with van der Waals surface area (Å²) in [5.74, 6) is 2.98. The number of benzene rings is 1. The van der Waals surface area contributed by atoms with Crippen LogP contribution in [0.25, 0.3) is 0 Å². The first-order valence-electron chi connectivity index (χ1n) is 7.89. The van der Waals surface area contributed by atoms with Gasteiger partial charge in [0.25, 0.3) is 0 Å². The van der Waals surface area contributed by atoms with E-state index in [1.807, 2.05) is 44.0 Å². The highest BCUT2D eigenvalue weighted by atomic mass is 16.7. The van der Waals surface area contributed by atoms with Crippen molar-refractivity contribution in [1.29, 1.82) is 0 Å². The zero-order chi connectivity index (χ0) is 17.4. The summed E-state index contributed by atoms with van der Waals surface area (Å²) >= 11 is 0. The van der Waals surface area contributed by atoms with Crippen LogP contribution in [0.15, 0.2) is 22.7 Å². The third-order valence-corrected chi connectivity index (χ3v) is 4.20. The average Bonchev–Trinajstić information content (AvgIpc) is 3.31. The SMILES string of the molecule is Cc1noc(C)c1Cn1nnnc1N(C)Cc1ccc2c(c1)OCO2. The number of nitrogens with zero attached hydrogens (tertiary/aromatic N) is 6. The predicted molar refractivity (Wildman–Crippen MR) is 87.6 cm³/mol. The molecular weight excluding hydrogens is 324 g/mol. The van der Waals surface area contributed by atoms with Gasteiger partial charge in [-0.15, -0.1) is 0 Å². The Morgan fingerprint density at radius 1 is 1.20 bits per heavy atom. The molecule has 0 fully saturated rings. The normalized spacial score (nSPS) is 12.6. The molecule has 0 unspecified atom stereocenters. The second-order valence-corrected chi connectivity index (χ2v) is 5.98. The zero-order valence-corrected chi connectivity index (χ0v) is 14.3. The van der Waals surface area contributed by atoms with E-state index in [1.165, 1.54) is 0 Å². The molecule has 0 saturated carbocycles. The molecule has 1 aliphatic rings. The molecular formula is C16H18N6O3. The molecule has 0 radical (unpaired) electrons. The van der Waals surface area contributed by atoms with E-state index in [9.17, 15) is 0 Å². The van der Waals surface area contributed by atoms with Crippen molar-refractivity contribution in [1.82, 2.24) is 25.4 Å². The van der Waals surface area contributed by atoms with Crippen LogP contribution >= 0.6 is 0 Å². The highest BCUT2D eigenvalue weighted by molar-refractivity contribution is 5.45. The molecule has 130 valence electrons. The Bertz CT molecular complexity index is 884. The van der Waals surface area contributed by atoms with Crippen LogP contribution in [-0.2, 0) is 13.1 Å². The average molecular weight is 342 g/mol. The summed E-state index contributed by atoms with van der Waals surface area (Å²) in [5.41, 5.74) is 2.92. The van der Waals surface area contributed by atoms with Crippen molar-refractivity contribution in [2.24, 2.45) is 0 Å². The van der Waals surface area contributed by atoms with Gasteiger partial charge in [-0.25, -0.2) is 4.68 Å². The number of anilines is 1. The third-order valence-electron chi connectivity index (χ3n) is 4.20. The van der Waals surface area contributed by atoms with Gasteiger partial charge in [-0.3, -0.25) is 0 Å². The maximum absolute atomic E-state index is 5.43. The smallest absolute Gasteiger partial charge is 0.245 e. The molecule has 3 heterocycles. The maximum atomic E-state index is 5.43. The summed E-state index contributed by atoms with van der Waals surface area (Å²) in [5, 5.41) is 16.0. The van der Waals surface area contributed by atoms with Gasteiger partial charge in [0.2, 0.25) is 12.7 Å². The Hall–Kier alpha value is -3.10. The Morgan fingerprint density at radius 2 is 2.04 bits per heavy atom. The van der Waals surface area contributed by atoms with Gasteiger partial charge >= 0.3 is 0 Å². The van der Waals surface area contributed by atoms with Crippen molar-refractivity contribution in [3.8, 4) is 11.5 Å². The fraction of sp³-hybridized carbons (Fsp3) is 0.375. The number of hydrogen-bond acceptors (Lipinski definition) is 8. The lowest BCUT2D eigenvalue weighted by Gasteiger charge is -2.18. The van der Waals surface area contributed by atoms with Gasteiger partial charge in [0.15, 0.2) is 11.5 Å². The van der Waals surface area contributed by atoms with Crippen LogP contribution in [-0.4, -0.2) is 39.2 Å². The van der Waals surface area contributed by atoms with Gasteiger partial charge in [0, 0.05) is 19.2 Å². The molecule has 0 atom stereocenters. The Balaban J connectivity index is 1.53. The molecule has 0 bridgehead atoms. The minimum atomic E-state index is 0.268. The predicted octanol–water partition coefficient (Wildman–Crippen LogP) is 1.69. The number of tetrazole rings is 1. The number of fused-ring (bicyclic) bond motifs is 1. The summed E-state index contributed by atoms with van der Waals surface area (Å²) in [7, 11) is 1.94. The van der Waals surface area contributed by atoms with Gasteiger partial charge in [0.1, 0.15) is 5.76 Å². The summed E-state index contributed by atoms with van der Waals surface area (Å²) < 4.78 is 17.7. The lowest BCUT2D eigenvalue weighted by atomic mass is 10.2. The van der Waals surface area contributed by atoms with Crippen molar-refractivity contribution in [3.63, 3.8) is 0 Å². The van der Waals surface area contributed by atoms with E-state index in [-0.39, 0.29) is 6.79 Å². The number of ether oxygens (including phenoxy) is 2. The molecule has 2 aromatic heterocycles. The molecule has 25 heavy (non-hydrogen) atoms. The summed E-state index contributed by atoms with van der Waals surface area (Å²) in [6.45, 7) is 5.21. The summed E-state index contributed by atoms with van der Waals surface area (Å²) in [6.07, 6.45) is 0.